The maximum atomic E-state index is 12.6. The lowest BCUT2D eigenvalue weighted by molar-refractivity contribution is 0.0678. The average molecular weight is 396 g/mol. The highest BCUT2D eigenvalue weighted by Crippen LogP contribution is 2.22. The highest BCUT2D eigenvalue weighted by atomic mass is 35.5. The van der Waals surface area contributed by atoms with Crippen LogP contribution in [0.2, 0.25) is 10.2 Å². The van der Waals surface area contributed by atoms with Crippen molar-refractivity contribution in [3.8, 4) is 0 Å². The Balaban J connectivity index is 1.50. The topological polar surface area (TPSA) is 80.1 Å². The van der Waals surface area contributed by atoms with Crippen molar-refractivity contribution in [2.75, 3.05) is 19.6 Å². The van der Waals surface area contributed by atoms with Crippen LogP contribution in [0.4, 0.5) is 0 Å². The second kappa shape index (κ2) is 8.05. The van der Waals surface area contributed by atoms with Gasteiger partial charge in [-0.15, -0.1) is 0 Å². The van der Waals surface area contributed by atoms with Gasteiger partial charge in [-0.25, -0.2) is 4.98 Å². The quantitative estimate of drug-likeness (QED) is 0.805. The Morgan fingerprint density at radius 3 is 2.65 bits per heavy atom. The number of aromatic nitrogens is 3. The number of pyridine rings is 1. The maximum Gasteiger partial charge on any atom is 0.274 e. The van der Waals surface area contributed by atoms with Gasteiger partial charge < -0.3 is 10.2 Å². The number of carbonyl (C=O) groups is 2. The zero-order chi connectivity index (χ0) is 18.7. The van der Waals surface area contributed by atoms with Gasteiger partial charge >= 0.3 is 0 Å². The minimum Gasteiger partial charge on any atom is -0.352 e. The molecule has 3 rings (SSSR count). The zero-order valence-electron chi connectivity index (χ0n) is 14.3. The monoisotopic (exact) mass is 395 g/mol. The molecule has 0 radical (unpaired) electrons. The fraction of sp³-hybridized carbons (Fsp3) is 0.412. The van der Waals surface area contributed by atoms with Crippen molar-refractivity contribution in [3.05, 3.63) is 46.0 Å². The summed E-state index contributed by atoms with van der Waals surface area (Å²) in [4.78, 5) is 30.4. The van der Waals surface area contributed by atoms with Crippen molar-refractivity contribution in [2.45, 2.75) is 12.8 Å². The van der Waals surface area contributed by atoms with E-state index in [0.29, 0.717) is 36.1 Å². The molecule has 0 spiro atoms. The van der Waals surface area contributed by atoms with E-state index in [4.69, 9.17) is 23.2 Å². The Morgan fingerprint density at radius 2 is 2.00 bits per heavy atom. The Bertz CT molecular complexity index is 815. The Labute approximate surface area is 161 Å². The molecule has 2 aromatic heterocycles. The molecule has 7 nitrogen and oxygen atoms in total. The van der Waals surface area contributed by atoms with Crippen LogP contribution < -0.4 is 5.32 Å². The van der Waals surface area contributed by atoms with Crippen molar-refractivity contribution in [1.29, 1.82) is 0 Å². The molecule has 3 heterocycles. The van der Waals surface area contributed by atoms with Crippen LogP contribution in [0.3, 0.4) is 0 Å². The molecule has 0 aliphatic carbocycles. The number of nitrogens with zero attached hydrogens (tertiary/aromatic N) is 4. The van der Waals surface area contributed by atoms with E-state index in [9.17, 15) is 9.59 Å². The third-order valence-electron chi connectivity index (χ3n) is 4.43. The third kappa shape index (κ3) is 4.34. The Kier molecular flexibility index (Phi) is 5.78. The van der Waals surface area contributed by atoms with Gasteiger partial charge in [-0.1, -0.05) is 23.2 Å². The first kappa shape index (κ1) is 18.7. The number of halogens is 2. The second-order valence-corrected chi connectivity index (χ2v) is 7.11. The molecule has 1 aliphatic heterocycles. The molecule has 0 bridgehead atoms. The molecule has 138 valence electrons. The van der Waals surface area contributed by atoms with Gasteiger partial charge in [-0.3, -0.25) is 14.3 Å². The molecular weight excluding hydrogens is 377 g/mol. The van der Waals surface area contributed by atoms with Crippen LogP contribution in [-0.4, -0.2) is 51.1 Å². The Morgan fingerprint density at radius 1 is 1.27 bits per heavy atom. The van der Waals surface area contributed by atoms with Crippen molar-refractivity contribution >= 4 is 35.0 Å². The summed E-state index contributed by atoms with van der Waals surface area (Å²) >= 11 is 11.9. The first-order valence-corrected chi connectivity index (χ1v) is 9.08. The fourth-order valence-corrected chi connectivity index (χ4v) is 3.27. The van der Waals surface area contributed by atoms with Crippen molar-refractivity contribution in [2.24, 2.45) is 13.0 Å². The van der Waals surface area contributed by atoms with E-state index in [1.54, 1.807) is 41.2 Å². The first-order valence-electron chi connectivity index (χ1n) is 8.32. The van der Waals surface area contributed by atoms with Gasteiger partial charge in [0.15, 0.2) is 0 Å². The van der Waals surface area contributed by atoms with E-state index in [2.05, 4.69) is 15.4 Å². The maximum absolute atomic E-state index is 12.6. The number of hydrogen-bond acceptors (Lipinski definition) is 4. The second-order valence-electron chi connectivity index (χ2n) is 6.31. The smallest absolute Gasteiger partial charge is 0.274 e. The molecular formula is C17H19Cl2N5O2. The SMILES string of the molecule is Cn1cc(C(=O)NCC2CCN(C(=O)c3nc(Cl)ccc3Cl)CC2)cn1. The van der Waals surface area contributed by atoms with Gasteiger partial charge in [0.05, 0.1) is 16.8 Å². The van der Waals surface area contributed by atoms with Gasteiger partial charge in [0, 0.05) is 32.9 Å². The molecule has 0 unspecified atom stereocenters. The van der Waals surface area contributed by atoms with Gasteiger partial charge in [0.25, 0.3) is 11.8 Å². The largest absolute Gasteiger partial charge is 0.352 e. The summed E-state index contributed by atoms with van der Waals surface area (Å²) in [5.41, 5.74) is 0.726. The normalized spacial score (nSPS) is 15.1. The van der Waals surface area contributed by atoms with E-state index < -0.39 is 0 Å². The summed E-state index contributed by atoms with van der Waals surface area (Å²) in [5.74, 6) is -0.0238. The van der Waals surface area contributed by atoms with Gasteiger partial charge in [0.2, 0.25) is 0 Å². The summed E-state index contributed by atoms with van der Waals surface area (Å²) in [6.45, 7) is 1.76. The zero-order valence-corrected chi connectivity index (χ0v) is 15.8. The number of likely N-dealkylation sites (tertiary alicyclic amines) is 1. The predicted molar refractivity (Wildman–Crippen MR) is 98.4 cm³/mol. The molecule has 9 heteroatoms. The van der Waals surface area contributed by atoms with Gasteiger partial charge in [-0.05, 0) is 30.9 Å². The van der Waals surface area contributed by atoms with Crippen molar-refractivity contribution in [1.82, 2.24) is 25.0 Å². The first-order chi connectivity index (χ1) is 12.4. The van der Waals surface area contributed by atoms with E-state index in [0.717, 1.165) is 12.8 Å². The number of nitrogens with one attached hydrogen (secondary N) is 1. The number of hydrogen-bond donors (Lipinski definition) is 1. The van der Waals surface area contributed by atoms with Crippen LogP contribution in [-0.2, 0) is 7.05 Å². The summed E-state index contributed by atoms with van der Waals surface area (Å²) in [6.07, 6.45) is 4.82. The lowest BCUT2D eigenvalue weighted by Gasteiger charge is -2.32. The van der Waals surface area contributed by atoms with E-state index >= 15 is 0 Å². The summed E-state index contributed by atoms with van der Waals surface area (Å²) < 4.78 is 1.59. The molecule has 1 aliphatic rings. The molecule has 0 saturated carbocycles. The number of rotatable bonds is 4. The van der Waals surface area contributed by atoms with Crippen LogP contribution in [0, 0.1) is 5.92 Å². The molecule has 1 saturated heterocycles. The standard InChI is InChI=1S/C17H19Cl2N5O2/c1-23-10-12(9-21-23)16(25)20-8-11-4-6-24(7-5-11)17(26)15-13(18)2-3-14(19)22-15/h2-3,9-11H,4-8H2,1H3,(H,20,25). The Hall–Kier alpha value is -2.12. The van der Waals surface area contributed by atoms with E-state index in [1.165, 1.54) is 0 Å². The number of amides is 2. The van der Waals surface area contributed by atoms with Crippen LogP contribution in [0.5, 0.6) is 0 Å². The lowest BCUT2D eigenvalue weighted by Crippen LogP contribution is -2.41. The van der Waals surface area contributed by atoms with Crippen LogP contribution in [0.15, 0.2) is 24.5 Å². The highest BCUT2D eigenvalue weighted by Gasteiger charge is 2.26. The van der Waals surface area contributed by atoms with Gasteiger partial charge in [0.1, 0.15) is 10.8 Å². The predicted octanol–water partition coefficient (Wildman–Crippen LogP) is 2.40. The molecule has 2 amide bonds. The fourth-order valence-electron chi connectivity index (χ4n) is 2.94. The van der Waals surface area contributed by atoms with E-state index in [-0.39, 0.29) is 22.7 Å². The van der Waals surface area contributed by atoms with Crippen molar-refractivity contribution < 1.29 is 9.59 Å². The minimum absolute atomic E-state index is 0.133. The number of aryl methyl sites for hydroxylation is 1. The molecule has 1 N–H and O–H groups in total. The van der Waals surface area contributed by atoms with Crippen LogP contribution in [0.25, 0.3) is 0 Å². The molecule has 0 atom stereocenters. The summed E-state index contributed by atoms with van der Waals surface area (Å²) in [6, 6.07) is 3.13. The molecule has 2 aromatic rings. The molecule has 1 fully saturated rings. The molecule has 26 heavy (non-hydrogen) atoms. The van der Waals surface area contributed by atoms with Crippen molar-refractivity contribution in [3.63, 3.8) is 0 Å². The highest BCUT2D eigenvalue weighted by molar-refractivity contribution is 6.34. The lowest BCUT2D eigenvalue weighted by atomic mass is 9.96. The summed E-state index contributed by atoms with van der Waals surface area (Å²) in [5, 5.41) is 7.46. The van der Waals surface area contributed by atoms with Gasteiger partial charge in [-0.2, -0.15) is 5.10 Å². The average Bonchev–Trinajstić information content (AvgIpc) is 3.08. The minimum atomic E-state index is -0.213. The van der Waals surface area contributed by atoms with E-state index in [1.807, 2.05) is 0 Å². The third-order valence-corrected chi connectivity index (χ3v) is 4.95. The number of carbonyl (C=O) groups excluding carboxylic acids is 2. The van der Waals surface area contributed by atoms with Crippen LogP contribution in [0.1, 0.15) is 33.7 Å². The molecule has 0 aromatic carbocycles. The number of piperidine rings is 1. The van der Waals surface area contributed by atoms with Crippen LogP contribution >= 0.6 is 23.2 Å². The summed E-state index contributed by atoms with van der Waals surface area (Å²) in [7, 11) is 1.77.